The first-order valence-corrected chi connectivity index (χ1v) is 9.20. The van der Waals surface area contributed by atoms with Crippen LogP contribution in [0.2, 0.25) is 0 Å². The molecular formula is C23H27N. The van der Waals surface area contributed by atoms with Gasteiger partial charge in [-0.2, -0.15) is 0 Å². The van der Waals surface area contributed by atoms with E-state index in [2.05, 4.69) is 79.4 Å². The summed E-state index contributed by atoms with van der Waals surface area (Å²) in [4.78, 5) is 2.66. The third-order valence-corrected chi connectivity index (χ3v) is 6.03. The molecule has 0 spiro atoms. The van der Waals surface area contributed by atoms with Gasteiger partial charge in [0.05, 0.1) is 0 Å². The number of nitrogens with zero attached hydrogens (tertiary/aromatic N) is 1. The zero-order chi connectivity index (χ0) is 16.6. The monoisotopic (exact) mass is 317 g/mol. The molecule has 2 aromatic carbocycles. The topological polar surface area (TPSA) is 3.24 Å². The van der Waals surface area contributed by atoms with Crippen LogP contribution in [0, 0.1) is 5.41 Å². The number of hydrogen-bond acceptors (Lipinski definition) is 1. The molecule has 1 aliphatic heterocycles. The minimum atomic E-state index is 0.427. The Balaban J connectivity index is 1.62. The smallest absolute Gasteiger partial charge is 0.0234 e. The van der Waals surface area contributed by atoms with Crippen molar-refractivity contribution in [3.63, 3.8) is 0 Å². The fraction of sp³-hybridized carbons (Fsp3) is 0.391. The van der Waals surface area contributed by atoms with Gasteiger partial charge in [-0.05, 0) is 47.4 Å². The van der Waals surface area contributed by atoms with Gasteiger partial charge in [0, 0.05) is 25.6 Å². The van der Waals surface area contributed by atoms with E-state index in [9.17, 15) is 0 Å². The third-order valence-electron chi connectivity index (χ3n) is 6.03. The second-order valence-corrected chi connectivity index (χ2v) is 7.78. The Kier molecular flexibility index (Phi) is 4.05. The number of benzene rings is 2. The summed E-state index contributed by atoms with van der Waals surface area (Å²) in [5.41, 5.74) is 6.49. The lowest BCUT2D eigenvalue weighted by Gasteiger charge is -2.37. The molecule has 2 aromatic rings. The van der Waals surface area contributed by atoms with Gasteiger partial charge in [-0.1, -0.05) is 67.6 Å². The minimum Gasteiger partial charge on any atom is -0.298 e. The summed E-state index contributed by atoms with van der Waals surface area (Å²) in [5, 5.41) is 0. The summed E-state index contributed by atoms with van der Waals surface area (Å²) in [6, 6.07) is 17.8. The van der Waals surface area contributed by atoms with E-state index in [1.54, 1.807) is 11.1 Å². The quantitative estimate of drug-likeness (QED) is 0.745. The first-order valence-electron chi connectivity index (χ1n) is 9.20. The van der Waals surface area contributed by atoms with Crippen molar-refractivity contribution in [2.45, 2.75) is 39.2 Å². The maximum atomic E-state index is 2.66. The van der Waals surface area contributed by atoms with Crippen molar-refractivity contribution in [2.75, 3.05) is 13.1 Å². The molecule has 24 heavy (non-hydrogen) atoms. The van der Waals surface area contributed by atoms with Gasteiger partial charge in [0.15, 0.2) is 0 Å². The van der Waals surface area contributed by atoms with E-state index in [0.717, 1.165) is 6.54 Å². The first kappa shape index (κ1) is 15.7. The molecule has 0 bridgehead atoms. The van der Waals surface area contributed by atoms with E-state index in [-0.39, 0.29) is 0 Å². The molecule has 0 aromatic heterocycles. The van der Waals surface area contributed by atoms with Crippen LogP contribution in [-0.2, 0) is 13.0 Å². The van der Waals surface area contributed by atoms with Gasteiger partial charge < -0.3 is 0 Å². The first-order chi connectivity index (χ1) is 11.7. The minimum absolute atomic E-state index is 0.427. The second-order valence-electron chi connectivity index (χ2n) is 7.78. The zero-order valence-corrected chi connectivity index (χ0v) is 14.8. The van der Waals surface area contributed by atoms with Crippen LogP contribution in [0.3, 0.4) is 0 Å². The van der Waals surface area contributed by atoms with Gasteiger partial charge in [-0.25, -0.2) is 0 Å². The van der Waals surface area contributed by atoms with Crippen LogP contribution in [0.4, 0.5) is 0 Å². The summed E-state index contributed by atoms with van der Waals surface area (Å²) >= 11 is 0. The highest BCUT2D eigenvalue weighted by Gasteiger charge is 2.46. The van der Waals surface area contributed by atoms with E-state index in [4.69, 9.17) is 0 Å². The standard InChI is InChI=1S/C23H27N/c1-3-8-19-11-7-12-21-20(19)13-14-23(2)17-24(16-22(21)23)15-18-9-5-4-6-10-18/h3-12,22H,13-17H2,1-2H3/b8-3-/t22-,23+/m1/s1. The Hall–Kier alpha value is -1.86. The summed E-state index contributed by atoms with van der Waals surface area (Å²) in [5.74, 6) is 0.676. The fourth-order valence-corrected chi connectivity index (χ4v) is 4.84. The Morgan fingerprint density at radius 2 is 1.96 bits per heavy atom. The molecule has 1 nitrogen and oxygen atoms in total. The molecular weight excluding hydrogens is 290 g/mol. The van der Waals surface area contributed by atoms with Gasteiger partial charge in [-0.15, -0.1) is 0 Å². The van der Waals surface area contributed by atoms with Crippen LogP contribution in [0.1, 0.15) is 48.4 Å². The van der Waals surface area contributed by atoms with Gasteiger partial charge in [0.2, 0.25) is 0 Å². The molecule has 4 rings (SSSR count). The van der Waals surface area contributed by atoms with Crippen molar-refractivity contribution >= 4 is 6.08 Å². The van der Waals surface area contributed by atoms with Gasteiger partial charge >= 0.3 is 0 Å². The van der Waals surface area contributed by atoms with Gasteiger partial charge in [0.1, 0.15) is 0 Å². The Morgan fingerprint density at radius 3 is 2.75 bits per heavy atom. The number of rotatable bonds is 3. The lowest BCUT2D eigenvalue weighted by molar-refractivity contribution is 0.240. The normalized spacial score (nSPS) is 26.5. The molecule has 0 amide bonds. The molecule has 1 heteroatoms. The van der Waals surface area contributed by atoms with Crippen LogP contribution in [0.15, 0.2) is 54.6 Å². The van der Waals surface area contributed by atoms with Crippen LogP contribution < -0.4 is 0 Å². The molecule has 1 heterocycles. The Bertz CT molecular complexity index is 746. The number of fused-ring (bicyclic) bond motifs is 3. The summed E-state index contributed by atoms with van der Waals surface area (Å²) < 4.78 is 0. The maximum Gasteiger partial charge on any atom is 0.0234 e. The molecule has 2 aliphatic rings. The fourth-order valence-electron chi connectivity index (χ4n) is 4.84. The largest absolute Gasteiger partial charge is 0.298 e. The summed E-state index contributed by atoms with van der Waals surface area (Å²) in [6.07, 6.45) is 6.98. The van der Waals surface area contributed by atoms with Crippen LogP contribution in [-0.4, -0.2) is 18.0 Å². The molecule has 0 unspecified atom stereocenters. The van der Waals surface area contributed by atoms with Crippen molar-refractivity contribution in [1.82, 2.24) is 4.90 Å². The van der Waals surface area contributed by atoms with Crippen molar-refractivity contribution < 1.29 is 0 Å². The maximum absolute atomic E-state index is 2.66. The predicted molar refractivity (Wildman–Crippen MR) is 102 cm³/mol. The number of hydrogen-bond donors (Lipinski definition) is 0. The van der Waals surface area contributed by atoms with Crippen molar-refractivity contribution in [3.05, 3.63) is 76.9 Å². The van der Waals surface area contributed by atoms with Gasteiger partial charge in [0.25, 0.3) is 0 Å². The van der Waals surface area contributed by atoms with Gasteiger partial charge in [-0.3, -0.25) is 4.90 Å². The summed E-state index contributed by atoms with van der Waals surface area (Å²) in [6.45, 7) is 8.12. The van der Waals surface area contributed by atoms with E-state index < -0.39 is 0 Å². The molecule has 0 N–H and O–H groups in total. The SMILES string of the molecule is C/C=C\c1cccc2c1CC[C@@]1(C)CN(Cc3ccccc3)C[C@H]21. The molecule has 2 atom stereocenters. The molecule has 0 saturated carbocycles. The zero-order valence-electron chi connectivity index (χ0n) is 14.8. The predicted octanol–water partition coefficient (Wildman–Crippen LogP) is 5.27. The van der Waals surface area contributed by atoms with Crippen molar-refractivity contribution in [2.24, 2.45) is 5.41 Å². The molecule has 1 aliphatic carbocycles. The molecule has 0 radical (unpaired) electrons. The van der Waals surface area contributed by atoms with Crippen LogP contribution in [0.25, 0.3) is 6.08 Å². The van der Waals surface area contributed by atoms with E-state index >= 15 is 0 Å². The van der Waals surface area contributed by atoms with Crippen molar-refractivity contribution in [3.8, 4) is 0 Å². The highest BCUT2D eigenvalue weighted by molar-refractivity contribution is 5.57. The van der Waals surface area contributed by atoms with Crippen LogP contribution >= 0.6 is 0 Å². The number of allylic oxidation sites excluding steroid dienone is 1. The third kappa shape index (κ3) is 2.71. The Labute approximate surface area is 146 Å². The highest BCUT2D eigenvalue weighted by Crippen LogP contribution is 2.51. The average molecular weight is 317 g/mol. The lowest BCUT2D eigenvalue weighted by Crippen LogP contribution is -2.31. The highest BCUT2D eigenvalue weighted by atomic mass is 15.2. The molecule has 124 valence electrons. The average Bonchev–Trinajstić information content (AvgIpc) is 2.93. The second kappa shape index (κ2) is 6.22. The van der Waals surface area contributed by atoms with Crippen molar-refractivity contribution in [1.29, 1.82) is 0 Å². The Morgan fingerprint density at radius 1 is 1.12 bits per heavy atom. The van der Waals surface area contributed by atoms with Crippen LogP contribution in [0.5, 0.6) is 0 Å². The van der Waals surface area contributed by atoms with E-state index in [1.807, 2.05) is 0 Å². The van der Waals surface area contributed by atoms with E-state index in [0.29, 0.717) is 11.3 Å². The number of likely N-dealkylation sites (tertiary alicyclic amines) is 1. The molecule has 1 saturated heterocycles. The summed E-state index contributed by atoms with van der Waals surface area (Å²) in [7, 11) is 0. The lowest BCUT2D eigenvalue weighted by atomic mass is 9.66. The van der Waals surface area contributed by atoms with E-state index in [1.165, 1.54) is 37.1 Å². The molecule has 1 fully saturated rings.